The van der Waals surface area contributed by atoms with Crippen molar-refractivity contribution in [2.24, 2.45) is 0 Å². The number of likely N-dealkylation sites (tertiary alicyclic amines) is 1. The Bertz CT molecular complexity index is 940. The number of rotatable bonds is 5. The van der Waals surface area contributed by atoms with Gasteiger partial charge in [0.2, 0.25) is 5.82 Å². The van der Waals surface area contributed by atoms with Crippen molar-refractivity contribution in [3.63, 3.8) is 0 Å². The molecule has 0 unspecified atom stereocenters. The molecule has 1 aliphatic rings. The summed E-state index contributed by atoms with van der Waals surface area (Å²) in [7, 11) is 0. The molecule has 0 N–H and O–H groups in total. The summed E-state index contributed by atoms with van der Waals surface area (Å²) in [6, 6.07) is 15.3. The number of aryl methyl sites for hydroxylation is 1. The van der Waals surface area contributed by atoms with E-state index in [4.69, 9.17) is 9.26 Å². The van der Waals surface area contributed by atoms with Crippen LogP contribution in [0.15, 0.2) is 53.1 Å². The molecule has 0 aliphatic carbocycles. The van der Waals surface area contributed by atoms with Gasteiger partial charge >= 0.3 is 0 Å². The normalized spacial score (nSPS) is 14.4. The Hall–Kier alpha value is -3.15. The monoisotopic (exact) mass is 391 g/mol. The van der Waals surface area contributed by atoms with E-state index in [-0.39, 0.29) is 12.5 Å². The van der Waals surface area contributed by atoms with E-state index in [1.807, 2.05) is 60.4 Å². The summed E-state index contributed by atoms with van der Waals surface area (Å²) in [5.41, 5.74) is 2.90. The smallest absolute Gasteiger partial charge is 0.260 e. The third kappa shape index (κ3) is 4.83. The molecule has 1 amide bonds. The van der Waals surface area contributed by atoms with Crippen LogP contribution in [0.5, 0.6) is 5.75 Å². The predicted octanol–water partition coefficient (Wildman–Crippen LogP) is 4.49. The molecule has 29 heavy (non-hydrogen) atoms. The minimum atomic E-state index is 0.0515. The summed E-state index contributed by atoms with van der Waals surface area (Å²) in [5, 5.41) is 4.07. The Balaban J connectivity index is 1.36. The molecule has 0 radical (unpaired) electrons. The van der Waals surface area contributed by atoms with Crippen LogP contribution in [0.4, 0.5) is 0 Å². The molecule has 6 nitrogen and oxygen atoms in total. The molecule has 2 heterocycles. The van der Waals surface area contributed by atoms with Gasteiger partial charge in [-0.25, -0.2) is 0 Å². The maximum atomic E-state index is 12.3. The fourth-order valence-electron chi connectivity index (χ4n) is 3.41. The molecule has 6 heteroatoms. The van der Waals surface area contributed by atoms with E-state index in [0.29, 0.717) is 17.5 Å². The van der Waals surface area contributed by atoms with Crippen LogP contribution in [-0.4, -0.2) is 40.6 Å². The van der Waals surface area contributed by atoms with Gasteiger partial charge in [-0.05, 0) is 44.0 Å². The van der Waals surface area contributed by atoms with Crippen LogP contribution >= 0.6 is 0 Å². The van der Waals surface area contributed by atoms with Gasteiger partial charge in [0.05, 0.1) is 0 Å². The Morgan fingerprint density at radius 3 is 2.31 bits per heavy atom. The molecule has 4 rings (SSSR count). The minimum Gasteiger partial charge on any atom is -0.484 e. The van der Waals surface area contributed by atoms with E-state index in [1.54, 1.807) is 0 Å². The summed E-state index contributed by atoms with van der Waals surface area (Å²) in [4.78, 5) is 18.7. The van der Waals surface area contributed by atoms with Gasteiger partial charge in [0, 0.05) is 24.2 Å². The maximum absolute atomic E-state index is 12.3. The second-order valence-electron chi connectivity index (χ2n) is 7.40. The van der Waals surface area contributed by atoms with Crippen molar-refractivity contribution < 1.29 is 14.1 Å². The third-order valence-electron chi connectivity index (χ3n) is 5.16. The minimum absolute atomic E-state index is 0.0515. The molecule has 1 aliphatic heterocycles. The van der Waals surface area contributed by atoms with Gasteiger partial charge < -0.3 is 14.2 Å². The van der Waals surface area contributed by atoms with Crippen LogP contribution in [0.3, 0.4) is 0 Å². The van der Waals surface area contributed by atoms with Crippen LogP contribution in [0.25, 0.3) is 22.8 Å². The van der Waals surface area contributed by atoms with Gasteiger partial charge in [0.15, 0.2) is 6.61 Å². The molecule has 1 fully saturated rings. The number of nitrogens with zero attached hydrogens (tertiary/aromatic N) is 3. The van der Waals surface area contributed by atoms with E-state index in [0.717, 1.165) is 37.1 Å². The lowest BCUT2D eigenvalue weighted by Crippen LogP contribution is -2.35. The van der Waals surface area contributed by atoms with Crippen molar-refractivity contribution in [2.45, 2.75) is 32.6 Å². The molecule has 0 spiro atoms. The van der Waals surface area contributed by atoms with Crippen LogP contribution in [0.1, 0.15) is 31.2 Å². The molecular weight excluding hydrogens is 366 g/mol. The van der Waals surface area contributed by atoms with Crippen LogP contribution in [0, 0.1) is 6.92 Å². The average molecular weight is 391 g/mol. The summed E-state index contributed by atoms with van der Waals surface area (Å²) < 4.78 is 11.1. The van der Waals surface area contributed by atoms with Gasteiger partial charge in [-0.15, -0.1) is 0 Å². The summed E-state index contributed by atoms with van der Waals surface area (Å²) in [6.07, 6.45) is 4.56. The summed E-state index contributed by atoms with van der Waals surface area (Å²) >= 11 is 0. The number of hydrogen-bond donors (Lipinski definition) is 0. The van der Waals surface area contributed by atoms with Crippen molar-refractivity contribution >= 4 is 5.91 Å². The van der Waals surface area contributed by atoms with Gasteiger partial charge in [-0.1, -0.05) is 47.8 Å². The van der Waals surface area contributed by atoms with Crippen molar-refractivity contribution in [2.75, 3.05) is 19.7 Å². The summed E-state index contributed by atoms with van der Waals surface area (Å²) in [5.74, 6) is 1.71. The third-order valence-corrected chi connectivity index (χ3v) is 5.16. The van der Waals surface area contributed by atoms with Crippen LogP contribution in [-0.2, 0) is 4.79 Å². The number of hydrogen-bond acceptors (Lipinski definition) is 5. The van der Waals surface area contributed by atoms with Gasteiger partial charge in [-0.3, -0.25) is 4.79 Å². The zero-order chi connectivity index (χ0) is 20.1. The first-order chi connectivity index (χ1) is 14.2. The van der Waals surface area contributed by atoms with Crippen molar-refractivity contribution in [3.05, 3.63) is 54.1 Å². The Morgan fingerprint density at radius 2 is 1.62 bits per heavy atom. The van der Waals surface area contributed by atoms with Gasteiger partial charge in [0.1, 0.15) is 5.75 Å². The van der Waals surface area contributed by atoms with Crippen molar-refractivity contribution in [1.29, 1.82) is 0 Å². The lowest BCUT2D eigenvalue weighted by molar-refractivity contribution is -0.133. The number of ether oxygens (including phenoxy) is 1. The first kappa shape index (κ1) is 19.2. The largest absolute Gasteiger partial charge is 0.484 e. The van der Waals surface area contributed by atoms with E-state index < -0.39 is 0 Å². The highest BCUT2D eigenvalue weighted by Crippen LogP contribution is 2.24. The lowest BCUT2D eigenvalue weighted by Gasteiger charge is -2.20. The van der Waals surface area contributed by atoms with E-state index in [1.165, 1.54) is 18.4 Å². The highest BCUT2D eigenvalue weighted by molar-refractivity contribution is 5.77. The lowest BCUT2D eigenvalue weighted by atomic mass is 10.1. The topological polar surface area (TPSA) is 68.5 Å². The predicted molar refractivity (Wildman–Crippen MR) is 110 cm³/mol. The standard InChI is InChI=1S/C23H25N3O3/c1-17-6-8-18(9-7-17)22-24-23(29-25-22)19-10-12-20(13-11-19)28-16-21(27)26-14-4-2-3-5-15-26/h6-13H,2-5,14-16H2,1H3. The molecule has 1 aromatic heterocycles. The summed E-state index contributed by atoms with van der Waals surface area (Å²) in [6.45, 7) is 3.78. The SMILES string of the molecule is Cc1ccc(-c2noc(-c3ccc(OCC(=O)N4CCCCCC4)cc3)n2)cc1. The number of carbonyl (C=O) groups is 1. The quantitative estimate of drug-likeness (QED) is 0.641. The molecule has 0 bridgehead atoms. The Morgan fingerprint density at radius 1 is 0.966 bits per heavy atom. The number of aromatic nitrogens is 2. The maximum Gasteiger partial charge on any atom is 0.260 e. The zero-order valence-corrected chi connectivity index (χ0v) is 16.6. The Labute approximate surface area is 170 Å². The van der Waals surface area contributed by atoms with E-state index in [2.05, 4.69) is 10.1 Å². The zero-order valence-electron chi connectivity index (χ0n) is 16.6. The van der Waals surface area contributed by atoms with Crippen LogP contribution < -0.4 is 4.74 Å². The highest BCUT2D eigenvalue weighted by atomic mass is 16.5. The van der Waals surface area contributed by atoms with Crippen molar-refractivity contribution in [1.82, 2.24) is 15.0 Å². The second-order valence-corrected chi connectivity index (χ2v) is 7.40. The molecule has 3 aromatic rings. The highest BCUT2D eigenvalue weighted by Gasteiger charge is 2.16. The fraction of sp³-hybridized carbons (Fsp3) is 0.348. The first-order valence-electron chi connectivity index (χ1n) is 10.1. The first-order valence-corrected chi connectivity index (χ1v) is 10.1. The van der Waals surface area contributed by atoms with E-state index >= 15 is 0 Å². The second kappa shape index (κ2) is 8.90. The molecule has 2 aromatic carbocycles. The Kier molecular flexibility index (Phi) is 5.89. The average Bonchev–Trinajstić information content (AvgIpc) is 3.08. The number of amides is 1. The molecule has 1 saturated heterocycles. The van der Waals surface area contributed by atoms with Crippen molar-refractivity contribution in [3.8, 4) is 28.6 Å². The van der Waals surface area contributed by atoms with Crippen LogP contribution in [0.2, 0.25) is 0 Å². The molecule has 0 atom stereocenters. The molecule has 0 saturated carbocycles. The van der Waals surface area contributed by atoms with Gasteiger partial charge in [-0.2, -0.15) is 4.98 Å². The number of benzene rings is 2. The van der Waals surface area contributed by atoms with E-state index in [9.17, 15) is 4.79 Å². The van der Waals surface area contributed by atoms with Gasteiger partial charge in [0.25, 0.3) is 11.8 Å². The molecular formula is C23H25N3O3. The number of carbonyl (C=O) groups excluding carboxylic acids is 1. The fourth-order valence-corrected chi connectivity index (χ4v) is 3.41. The molecule has 150 valence electrons.